The zero-order valence-corrected chi connectivity index (χ0v) is 17.3. The van der Waals surface area contributed by atoms with Gasteiger partial charge in [-0.25, -0.2) is 9.78 Å². The lowest BCUT2D eigenvalue weighted by Crippen LogP contribution is -2.36. The number of pyridine rings is 1. The van der Waals surface area contributed by atoms with Gasteiger partial charge in [-0.1, -0.05) is 12.1 Å². The standard InChI is InChI=1S/C23H19F3N6O/c24-23(25,26)16-4-1-3-14(11-16)18-7-8-20-21(30-18)32(10-2-9-27-20)22(33)29-17-5-6-19-15(12-17)13-28-31-19/h1,3-8,11-13,27H,2,9-10H2,(H,28,31)(H,29,33). The van der Waals surface area contributed by atoms with Gasteiger partial charge in [-0.15, -0.1) is 0 Å². The number of aromatic amines is 1. The third-order valence-electron chi connectivity index (χ3n) is 5.43. The maximum Gasteiger partial charge on any atom is 0.416 e. The number of benzene rings is 2. The molecule has 5 rings (SSSR count). The summed E-state index contributed by atoms with van der Waals surface area (Å²) in [6.07, 6.45) is -2.10. The van der Waals surface area contributed by atoms with E-state index in [1.807, 2.05) is 6.07 Å². The monoisotopic (exact) mass is 452 g/mol. The normalized spacial score (nSPS) is 13.8. The fourth-order valence-electron chi connectivity index (χ4n) is 3.78. The fourth-order valence-corrected chi connectivity index (χ4v) is 3.78. The number of nitrogens with zero attached hydrogens (tertiary/aromatic N) is 3. The average Bonchev–Trinajstić information content (AvgIpc) is 3.16. The van der Waals surface area contributed by atoms with Crippen molar-refractivity contribution in [2.75, 3.05) is 28.6 Å². The highest BCUT2D eigenvalue weighted by Gasteiger charge is 2.31. The van der Waals surface area contributed by atoms with E-state index in [4.69, 9.17) is 0 Å². The van der Waals surface area contributed by atoms with Crippen LogP contribution in [0, 0.1) is 0 Å². The molecule has 0 unspecified atom stereocenters. The molecule has 0 aliphatic carbocycles. The Morgan fingerprint density at radius 2 is 1.97 bits per heavy atom. The number of H-pyrrole nitrogens is 1. The van der Waals surface area contributed by atoms with Crippen LogP contribution in [-0.2, 0) is 6.18 Å². The van der Waals surface area contributed by atoms with Crippen LogP contribution in [0.2, 0.25) is 0 Å². The Balaban J connectivity index is 1.47. The summed E-state index contributed by atoms with van der Waals surface area (Å²) < 4.78 is 39.5. The van der Waals surface area contributed by atoms with E-state index in [1.54, 1.807) is 36.5 Å². The first-order chi connectivity index (χ1) is 15.9. The van der Waals surface area contributed by atoms with Crippen LogP contribution >= 0.6 is 0 Å². The number of aromatic nitrogens is 3. The molecule has 1 aliphatic rings. The number of carbonyl (C=O) groups is 1. The van der Waals surface area contributed by atoms with E-state index in [9.17, 15) is 18.0 Å². The summed E-state index contributed by atoms with van der Waals surface area (Å²) in [5.74, 6) is 0.365. The molecule has 0 saturated carbocycles. The van der Waals surface area contributed by atoms with Crippen LogP contribution in [0.25, 0.3) is 22.2 Å². The van der Waals surface area contributed by atoms with Gasteiger partial charge < -0.3 is 10.6 Å². The molecule has 0 spiro atoms. The summed E-state index contributed by atoms with van der Waals surface area (Å²) in [6.45, 7) is 1.04. The smallest absolute Gasteiger partial charge is 0.382 e. The molecule has 168 valence electrons. The van der Waals surface area contributed by atoms with Gasteiger partial charge in [0.1, 0.15) is 0 Å². The van der Waals surface area contributed by atoms with Crippen LogP contribution in [0.15, 0.2) is 60.8 Å². The SMILES string of the molecule is O=C(Nc1ccc2[nH]ncc2c1)N1CCCNc2ccc(-c3cccc(C(F)(F)F)c3)nc21. The number of halogens is 3. The van der Waals surface area contributed by atoms with Crippen LogP contribution in [-0.4, -0.2) is 34.3 Å². The number of hydrogen-bond acceptors (Lipinski definition) is 4. The molecule has 0 bridgehead atoms. The lowest BCUT2D eigenvalue weighted by atomic mass is 10.1. The van der Waals surface area contributed by atoms with Gasteiger partial charge in [-0.05, 0) is 48.9 Å². The van der Waals surface area contributed by atoms with Gasteiger partial charge in [0.25, 0.3) is 0 Å². The number of hydrogen-bond donors (Lipinski definition) is 3. The number of anilines is 3. The molecule has 3 heterocycles. The summed E-state index contributed by atoms with van der Waals surface area (Å²) in [5, 5.41) is 13.8. The summed E-state index contributed by atoms with van der Waals surface area (Å²) in [5.41, 5.74) is 2.01. The van der Waals surface area contributed by atoms with Crippen molar-refractivity contribution in [3.63, 3.8) is 0 Å². The fraction of sp³-hybridized carbons (Fsp3) is 0.174. The maximum absolute atomic E-state index is 13.2. The van der Waals surface area contributed by atoms with E-state index in [2.05, 4.69) is 25.8 Å². The summed E-state index contributed by atoms with van der Waals surface area (Å²) in [4.78, 5) is 19.2. The van der Waals surface area contributed by atoms with E-state index >= 15 is 0 Å². The van der Waals surface area contributed by atoms with Gasteiger partial charge in [0.2, 0.25) is 0 Å². The number of urea groups is 1. The predicted molar refractivity (Wildman–Crippen MR) is 120 cm³/mol. The van der Waals surface area contributed by atoms with Crippen molar-refractivity contribution >= 4 is 34.1 Å². The Bertz CT molecular complexity index is 1330. The largest absolute Gasteiger partial charge is 0.416 e. The molecular weight excluding hydrogens is 433 g/mol. The topological polar surface area (TPSA) is 85.9 Å². The molecule has 2 amide bonds. The molecule has 33 heavy (non-hydrogen) atoms. The van der Waals surface area contributed by atoms with Crippen LogP contribution < -0.4 is 15.5 Å². The summed E-state index contributed by atoms with van der Waals surface area (Å²) in [7, 11) is 0. The molecule has 0 saturated heterocycles. The Labute approximate surface area is 186 Å². The minimum atomic E-state index is -4.45. The van der Waals surface area contributed by atoms with Crippen molar-refractivity contribution in [1.82, 2.24) is 15.2 Å². The highest BCUT2D eigenvalue weighted by atomic mass is 19.4. The van der Waals surface area contributed by atoms with Gasteiger partial charge in [0.05, 0.1) is 28.7 Å². The minimum Gasteiger partial charge on any atom is -0.382 e. The van der Waals surface area contributed by atoms with E-state index in [0.717, 1.165) is 23.0 Å². The first kappa shape index (κ1) is 20.8. The van der Waals surface area contributed by atoms with Crippen molar-refractivity contribution in [3.8, 4) is 11.3 Å². The molecule has 4 aromatic rings. The van der Waals surface area contributed by atoms with E-state index in [1.165, 1.54) is 11.0 Å². The first-order valence-corrected chi connectivity index (χ1v) is 10.3. The van der Waals surface area contributed by atoms with Gasteiger partial charge in [-0.2, -0.15) is 18.3 Å². The van der Waals surface area contributed by atoms with E-state index in [-0.39, 0.29) is 6.03 Å². The second kappa shape index (κ2) is 8.12. The predicted octanol–water partition coefficient (Wildman–Crippen LogP) is 5.50. The number of carbonyl (C=O) groups excluding carboxylic acids is 1. The van der Waals surface area contributed by atoms with Crippen molar-refractivity contribution < 1.29 is 18.0 Å². The van der Waals surface area contributed by atoms with Crippen molar-refractivity contribution in [3.05, 3.63) is 66.4 Å². The molecule has 2 aromatic carbocycles. The second-order valence-electron chi connectivity index (χ2n) is 7.68. The van der Waals surface area contributed by atoms with Crippen LogP contribution in [0.4, 0.5) is 35.2 Å². The Hall–Kier alpha value is -4.08. The highest BCUT2D eigenvalue weighted by molar-refractivity contribution is 6.04. The Morgan fingerprint density at radius 1 is 1.09 bits per heavy atom. The zero-order valence-electron chi connectivity index (χ0n) is 17.3. The van der Waals surface area contributed by atoms with Crippen LogP contribution in [0.1, 0.15) is 12.0 Å². The van der Waals surface area contributed by atoms with Gasteiger partial charge in [0, 0.05) is 29.7 Å². The third-order valence-corrected chi connectivity index (χ3v) is 5.43. The van der Waals surface area contributed by atoms with Crippen molar-refractivity contribution in [1.29, 1.82) is 0 Å². The number of alkyl halides is 3. The molecule has 0 fully saturated rings. The van der Waals surface area contributed by atoms with E-state index < -0.39 is 11.7 Å². The molecule has 1 aliphatic heterocycles. The van der Waals surface area contributed by atoms with Crippen LogP contribution in [0.5, 0.6) is 0 Å². The van der Waals surface area contributed by atoms with Gasteiger partial charge >= 0.3 is 12.2 Å². The summed E-state index contributed by atoms with van der Waals surface area (Å²) >= 11 is 0. The van der Waals surface area contributed by atoms with Crippen LogP contribution in [0.3, 0.4) is 0 Å². The average molecular weight is 452 g/mol. The minimum absolute atomic E-state index is 0.322. The zero-order chi connectivity index (χ0) is 23.0. The third kappa shape index (κ3) is 4.19. The maximum atomic E-state index is 13.2. The number of rotatable bonds is 2. The van der Waals surface area contributed by atoms with Crippen molar-refractivity contribution in [2.45, 2.75) is 12.6 Å². The van der Waals surface area contributed by atoms with Crippen molar-refractivity contribution in [2.24, 2.45) is 0 Å². The second-order valence-corrected chi connectivity index (χ2v) is 7.68. The lowest BCUT2D eigenvalue weighted by molar-refractivity contribution is -0.137. The quantitative estimate of drug-likeness (QED) is 0.375. The Kier molecular flexibility index (Phi) is 5.12. The summed E-state index contributed by atoms with van der Waals surface area (Å²) in [6, 6.07) is 13.4. The molecule has 7 nitrogen and oxygen atoms in total. The number of nitrogens with one attached hydrogen (secondary N) is 3. The number of fused-ring (bicyclic) bond motifs is 2. The molecule has 10 heteroatoms. The molecular formula is C23H19F3N6O. The molecule has 0 atom stereocenters. The van der Waals surface area contributed by atoms with Gasteiger partial charge in [-0.3, -0.25) is 10.00 Å². The lowest BCUT2D eigenvalue weighted by Gasteiger charge is -2.22. The van der Waals surface area contributed by atoms with E-state index in [0.29, 0.717) is 48.0 Å². The first-order valence-electron chi connectivity index (χ1n) is 10.3. The van der Waals surface area contributed by atoms with Gasteiger partial charge in [0.15, 0.2) is 5.82 Å². The highest BCUT2D eigenvalue weighted by Crippen LogP contribution is 2.34. The molecule has 0 radical (unpaired) electrons. The molecule has 3 N–H and O–H groups in total. The number of amides is 2. The Morgan fingerprint density at radius 3 is 2.82 bits per heavy atom. The molecule has 2 aromatic heterocycles.